The Labute approximate surface area is 234 Å². The van der Waals surface area contributed by atoms with E-state index in [0.717, 1.165) is 16.7 Å². The van der Waals surface area contributed by atoms with Gasteiger partial charge in [0.15, 0.2) is 16.3 Å². The number of fused-ring (bicyclic) bond motifs is 1. The molecule has 0 radical (unpaired) electrons. The lowest BCUT2D eigenvalue weighted by molar-refractivity contribution is -0.139. The third-order valence-corrected chi connectivity index (χ3v) is 7.41. The number of allylic oxidation sites excluding steroid dienone is 1. The fourth-order valence-corrected chi connectivity index (χ4v) is 5.58. The van der Waals surface area contributed by atoms with Crippen molar-refractivity contribution in [1.29, 1.82) is 0 Å². The van der Waals surface area contributed by atoms with Crippen molar-refractivity contribution in [2.75, 3.05) is 13.7 Å². The number of esters is 1. The van der Waals surface area contributed by atoms with Crippen LogP contribution in [-0.4, -0.2) is 24.3 Å². The molecule has 0 unspecified atom stereocenters. The van der Waals surface area contributed by atoms with Crippen LogP contribution in [0.25, 0.3) is 6.08 Å². The van der Waals surface area contributed by atoms with Gasteiger partial charge < -0.3 is 14.2 Å². The van der Waals surface area contributed by atoms with Gasteiger partial charge in [-0.1, -0.05) is 59.9 Å². The molecule has 40 heavy (non-hydrogen) atoms. The summed E-state index contributed by atoms with van der Waals surface area (Å²) in [5.41, 5.74) is 2.94. The molecule has 0 amide bonds. The van der Waals surface area contributed by atoms with Crippen molar-refractivity contribution in [3.8, 4) is 11.5 Å². The molecule has 1 aliphatic rings. The molecule has 0 bridgehead atoms. The highest BCUT2D eigenvalue weighted by Crippen LogP contribution is 2.31. The molecule has 0 N–H and O–H groups in total. The van der Waals surface area contributed by atoms with Crippen molar-refractivity contribution in [3.63, 3.8) is 0 Å². The Morgan fingerprint density at radius 2 is 1.82 bits per heavy atom. The quantitative estimate of drug-likeness (QED) is 0.297. The van der Waals surface area contributed by atoms with Crippen LogP contribution in [0, 0.1) is 5.82 Å². The fraction of sp³-hybridized carbons (Fsp3) is 0.194. The minimum Gasteiger partial charge on any atom is -0.493 e. The highest BCUT2D eigenvalue weighted by molar-refractivity contribution is 7.07. The smallest absolute Gasteiger partial charge is 0.338 e. The zero-order valence-corrected chi connectivity index (χ0v) is 23.0. The molecule has 0 aliphatic carbocycles. The summed E-state index contributed by atoms with van der Waals surface area (Å²) in [7, 11) is 1.54. The van der Waals surface area contributed by atoms with E-state index in [-0.39, 0.29) is 24.6 Å². The van der Waals surface area contributed by atoms with E-state index in [1.807, 2.05) is 36.4 Å². The molecular weight excluding hydrogens is 531 g/mol. The van der Waals surface area contributed by atoms with Crippen molar-refractivity contribution in [1.82, 2.24) is 4.57 Å². The third kappa shape index (κ3) is 5.46. The Morgan fingerprint density at radius 1 is 1.07 bits per heavy atom. The van der Waals surface area contributed by atoms with Gasteiger partial charge in [-0.25, -0.2) is 14.2 Å². The molecule has 0 saturated heterocycles. The van der Waals surface area contributed by atoms with Gasteiger partial charge in [0, 0.05) is 0 Å². The lowest BCUT2D eigenvalue weighted by Crippen LogP contribution is -2.39. The van der Waals surface area contributed by atoms with Crippen molar-refractivity contribution in [2.24, 2.45) is 4.99 Å². The van der Waals surface area contributed by atoms with Crippen LogP contribution in [0.15, 0.2) is 93.9 Å². The van der Waals surface area contributed by atoms with Gasteiger partial charge >= 0.3 is 5.97 Å². The predicted octanol–water partition coefficient (Wildman–Crippen LogP) is 4.53. The number of halogens is 1. The Bertz CT molecular complexity index is 1760. The molecule has 9 heteroatoms. The van der Waals surface area contributed by atoms with Gasteiger partial charge in [0.05, 0.1) is 35.6 Å². The summed E-state index contributed by atoms with van der Waals surface area (Å²) in [5.74, 6) is 0.210. The highest BCUT2D eigenvalue weighted by Gasteiger charge is 2.33. The standard InChI is InChI=1S/C31H27FN2O5S/c1-4-38-30(36)27-19(2)33-31-34(28(27)22-8-6-5-7-9-22)29(35)26(40-31)17-21-12-15-24(25(16-21)37-3)39-18-20-10-13-23(32)14-11-20/h5-17,28H,4,18H2,1-3H3/b26-17+/t28-/m0/s1. The van der Waals surface area contributed by atoms with Crippen LogP contribution in [0.4, 0.5) is 4.39 Å². The number of carbonyl (C=O) groups is 1. The first kappa shape index (κ1) is 27.1. The Kier molecular flexibility index (Phi) is 7.93. The van der Waals surface area contributed by atoms with Gasteiger partial charge in [0.1, 0.15) is 12.4 Å². The average Bonchev–Trinajstić information content (AvgIpc) is 3.26. The molecule has 0 spiro atoms. The number of hydrogen-bond donors (Lipinski definition) is 0. The van der Waals surface area contributed by atoms with Gasteiger partial charge in [-0.2, -0.15) is 0 Å². The van der Waals surface area contributed by atoms with Crippen molar-refractivity contribution < 1.29 is 23.4 Å². The highest BCUT2D eigenvalue weighted by atomic mass is 32.1. The van der Waals surface area contributed by atoms with E-state index in [1.54, 1.807) is 48.8 Å². The largest absolute Gasteiger partial charge is 0.493 e. The van der Waals surface area contributed by atoms with Gasteiger partial charge in [-0.05, 0) is 60.9 Å². The summed E-state index contributed by atoms with van der Waals surface area (Å²) >= 11 is 1.25. The lowest BCUT2D eigenvalue weighted by atomic mass is 9.96. The maximum atomic E-state index is 13.8. The molecule has 7 nitrogen and oxygen atoms in total. The van der Waals surface area contributed by atoms with Crippen molar-refractivity contribution >= 4 is 23.4 Å². The van der Waals surface area contributed by atoms with Gasteiger partial charge in [0.2, 0.25) is 0 Å². The molecule has 3 aromatic carbocycles. The molecule has 0 saturated carbocycles. The van der Waals surface area contributed by atoms with E-state index >= 15 is 0 Å². The van der Waals surface area contributed by atoms with Crippen LogP contribution in [0.3, 0.4) is 0 Å². The number of hydrogen-bond acceptors (Lipinski definition) is 7. The zero-order chi connectivity index (χ0) is 28.2. The first-order valence-corrected chi connectivity index (χ1v) is 13.5. The average molecular weight is 559 g/mol. The number of aromatic nitrogens is 1. The fourth-order valence-electron chi connectivity index (χ4n) is 4.53. The molecular formula is C31H27FN2O5S. The first-order chi connectivity index (χ1) is 19.4. The summed E-state index contributed by atoms with van der Waals surface area (Å²) in [6, 6.07) is 20.2. The molecule has 204 valence electrons. The minimum atomic E-state index is -0.657. The van der Waals surface area contributed by atoms with E-state index in [2.05, 4.69) is 4.99 Å². The summed E-state index contributed by atoms with van der Waals surface area (Å²) in [6.45, 7) is 3.96. The number of ether oxygens (including phenoxy) is 3. The van der Waals surface area contributed by atoms with Crippen LogP contribution in [0.2, 0.25) is 0 Å². The monoisotopic (exact) mass is 558 g/mol. The van der Waals surface area contributed by atoms with Crippen LogP contribution >= 0.6 is 11.3 Å². The number of carbonyl (C=O) groups excluding carboxylic acids is 1. The van der Waals surface area contributed by atoms with Gasteiger partial charge in [-0.15, -0.1) is 0 Å². The van der Waals surface area contributed by atoms with Crippen molar-refractivity contribution in [3.05, 3.63) is 126 Å². The van der Waals surface area contributed by atoms with E-state index in [4.69, 9.17) is 14.2 Å². The van der Waals surface area contributed by atoms with Gasteiger partial charge in [-0.3, -0.25) is 9.36 Å². The molecule has 0 fully saturated rings. The predicted molar refractivity (Wildman–Crippen MR) is 151 cm³/mol. The first-order valence-electron chi connectivity index (χ1n) is 12.7. The Balaban J connectivity index is 1.52. The number of benzene rings is 3. The number of thiazole rings is 1. The lowest BCUT2D eigenvalue weighted by Gasteiger charge is -2.24. The van der Waals surface area contributed by atoms with E-state index in [0.29, 0.717) is 32.1 Å². The van der Waals surface area contributed by atoms with E-state index < -0.39 is 12.0 Å². The second kappa shape index (κ2) is 11.7. The summed E-state index contributed by atoms with van der Waals surface area (Å²) in [6.07, 6.45) is 1.77. The third-order valence-electron chi connectivity index (χ3n) is 6.43. The van der Waals surface area contributed by atoms with E-state index in [1.165, 1.54) is 30.6 Å². The second-order valence-electron chi connectivity index (χ2n) is 9.04. The molecule has 2 heterocycles. The normalized spacial score (nSPS) is 14.9. The summed E-state index contributed by atoms with van der Waals surface area (Å²) in [5, 5.41) is 0. The van der Waals surface area contributed by atoms with Crippen LogP contribution < -0.4 is 24.4 Å². The maximum absolute atomic E-state index is 13.8. The number of methoxy groups -OCH3 is 1. The van der Waals surface area contributed by atoms with Crippen LogP contribution in [-0.2, 0) is 16.1 Å². The zero-order valence-electron chi connectivity index (χ0n) is 22.2. The maximum Gasteiger partial charge on any atom is 0.338 e. The minimum absolute atomic E-state index is 0.215. The van der Waals surface area contributed by atoms with Crippen LogP contribution in [0.1, 0.15) is 36.6 Å². The molecule has 1 aliphatic heterocycles. The topological polar surface area (TPSA) is 79.1 Å². The van der Waals surface area contributed by atoms with Crippen LogP contribution in [0.5, 0.6) is 11.5 Å². The number of rotatable bonds is 8. The Morgan fingerprint density at radius 3 is 2.52 bits per heavy atom. The van der Waals surface area contributed by atoms with Crippen molar-refractivity contribution in [2.45, 2.75) is 26.5 Å². The second-order valence-corrected chi connectivity index (χ2v) is 10.0. The Hall–Kier alpha value is -4.50. The molecule has 4 aromatic rings. The SMILES string of the molecule is CCOC(=O)C1=C(C)N=c2s/c(=C/c3ccc(OCc4ccc(F)cc4)c(OC)c3)c(=O)n2[C@H]1c1ccccc1. The molecule has 1 atom stereocenters. The summed E-state index contributed by atoms with van der Waals surface area (Å²) in [4.78, 5) is 31.8. The molecule has 1 aromatic heterocycles. The number of nitrogens with zero attached hydrogens (tertiary/aromatic N) is 2. The van der Waals surface area contributed by atoms with E-state index in [9.17, 15) is 14.0 Å². The van der Waals surface area contributed by atoms with Gasteiger partial charge in [0.25, 0.3) is 5.56 Å². The molecule has 5 rings (SSSR count). The summed E-state index contributed by atoms with van der Waals surface area (Å²) < 4.78 is 32.0.